The number of carbonyl (C=O) groups excluding carboxylic acids is 1. The van der Waals surface area contributed by atoms with Gasteiger partial charge in [0.1, 0.15) is 30.5 Å². The Morgan fingerprint density at radius 3 is 1.60 bits per heavy atom. The number of aliphatic hydroxyl groups excluding tert-OH is 3. The highest BCUT2D eigenvalue weighted by Crippen LogP contribution is 2.26. The number of esters is 1. The molecule has 1 saturated heterocycles. The summed E-state index contributed by atoms with van der Waals surface area (Å²) < 4.78 is 58.8. The Balaban J connectivity index is 2.54. The molecule has 1 heterocycles. The van der Waals surface area contributed by atoms with Crippen molar-refractivity contribution in [2.45, 2.75) is 153 Å². The highest BCUT2D eigenvalue weighted by molar-refractivity contribution is 7.80. The van der Waals surface area contributed by atoms with E-state index in [2.05, 4.69) is 109 Å². The summed E-state index contributed by atoms with van der Waals surface area (Å²) in [5, 5.41) is 30.6. The van der Waals surface area contributed by atoms with Gasteiger partial charge in [0, 0.05) is 6.61 Å². The van der Waals surface area contributed by atoms with Gasteiger partial charge in [0.2, 0.25) is 0 Å². The molecule has 0 aromatic rings. The van der Waals surface area contributed by atoms with E-state index in [1.165, 1.54) is 0 Å². The van der Waals surface area contributed by atoms with Crippen LogP contribution in [0.4, 0.5) is 0 Å². The van der Waals surface area contributed by atoms with E-state index in [4.69, 9.17) is 23.5 Å². The molecule has 0 aliphatic carbocycles. The van der Waals surface area contributed by atoms with Gasteiger partial charge < -0.3 is 34.3 Å². The van der Waals surface area contributed by atoms with Gasteiger partial charge in [0.15, 0.2) is 6.29 Å². The standard InChI is InChI=1S/C47H74O12S/c1-3-5-7-9-11-13-15-17-19-20-21-23-25-27-29-31-33-35-37-55-39-41(40-56-47-45(51)46(59-60(52,53)54)44(50)42(38-48)58-47)57-43(49)36-34-32-30-28-26-24-22-18-16-14-12-10-8-6-4-2/h5-8,11-14,17-19,21-23,26,28,32,34,41-42,44-48,50-51H,3-4,9-10,15-16,20,24-25,27,29-31,33,35-40H2,1-2H3,(H,52,53,54)/b7-5-,8-6-,13-11-,14-12-,19-17-,22-18-,23-21-,28-26-,34-32-. The number of carbonyl (C=O) groups is 1. The second-order valence-corrected chi connectivity index (χ2v) is 15.2. The molecule has 340 valence electrons. The molecule has 12 nitrogen and oxygen atoms in total. The molecular weight excluding hydrogens is 789 g/mol. The quantitative estimate of drug-likeness (QED) is 0.0206. The largest absolute Gasteiger partial charge is 0.457 e. The van der Waals surface area contributed by atoms with Crippen LogP contribution in [0.25, 0.3) is 0 Å². The van der Waals surface area contributed by atoms with Gasteiger partial charge in [0.25, 0.3) is 0 Å². The minimum Gasteiger partial charge on any atom is -0.457 e. The second-order valence-electron chi connectivity index (χ2n) is 14.2. The van der Waals surface area contributed by atoms with E-state index in [0.717, 1.165) is 89.9 Å². The third kappa shape index (κ3) is 30.7. The molecule has 0 aromatic heterocycles. The summed E-state index contributed by atoms with van der Waals surface area (Å²) >= 11 is 0. The highest BCUT2D eigenvalue weighted by atomic mass is 32.3. The second kappa shape index (κ2) is 37.5. The van der Waals surface area contributed by atoms with Crippen LogP contribution >= 0.6 is 0 Å². The van der Waals surface area contributed by atoms with Crippen molar-refractivity contribution in [1.82, 2.24) is 0 Å². The van der Waals surface area contributed by atoms with Gasteiger partial charge in [0.05, 0.1) is 26.2 Å². The van der Waals surface area contributed by atoms with E-state index in [1.807, 2.05) is 12.2 Å². The Kier molecular flexibility index (Phi) is 34.3. The molecule has 6 unspecified atom stereocenters. The summed E-state index contributed by atoms with van der Waals surface area (Å²) in [6, 6.07) is 0. The van der Waals surface area contributed by atoms with E-state index in [-0.39, 0.29) is 19.6 Å². The zero-order valence-electron chi connectivity index (χ0n) is 36.0. The number of aliphatic hydroxyl groups is 3. The van der Waals surface area contributed by atoms with Crippen LogP contribution in [-0.4, -0.2) is 97.5 Å². The van der Waals surface area contributed by atoms with Crippen molar-refractivity contribution < 1.29 is 56.2 Å². The molecule has 1 fully saturated rings. The van der Waals surface area contributed by atoms with Gasteiger partial charge >= 0.3 is 16.4 Å². The lowest BCUT2D eigenvalue weighted by atomic mass is 9.99. The number of hydrogen-bond acceptors (Lipinski definition) is 11. The first-order chi connectivity index (χ1) is 29.1. The van der Waals surface area contributed by atoms with Crippen LogP contribution in [0.15, 0.2) is 109 Å². The normalized spacial score (nSPS) is 21.3. The summed E-state index contributed by atoms with van der Waals surface area (Å²) in [5.41, 5.74) is 0. The highest BCUT2D eigenvalue weighted by Gasteiger charge is 2.48. The lowest BCUT2D eigenvalue weighted by Crippen LogP contribution is -2.60. The zero-order chi connectivity index (χ0) is 43.9. The van der Waals surface area contributed by atoms with Crippen LogP contribution in [-0.2, 0) is 38.3 Å². The van der Waals surface area contributed by atoms with Gasteiger partial charge in [-0.3, -0.25) is 9.35 Å². The summed E-state index contributed by atoms with van der Waals surface area (Å²) in [7, 11) is -5.08. The molecule has 0 spiro atoms. The van der Waals surface area contributed by atoms with E-state index in [9.17, 15) is 28.5 Å². The van der Waals surface area contributed by atoms with Gasteiger partial charge in [-0.05, 0) is 77.0 Å². The minimum absolute atomic E-state index is 0.00343. The van der Waals surface area contributed by atoms with Crippen LogP contribution in [0.5, 0.6) is 0 Å². The molecular formula is C47H74O12S. The first-order valence-corrected chi connectivity index (χ1v) is 23.0. The number of rotatable bonds is 35. The number of unbranched alkanes of at least 4 members (excludes halogenated alkanes) is 5. The van der Waals surface area contributed by atoms with Crippen LogP contribution in [0.2, 0.25) is 0 Å². The van der Waals surface area contributed by atoms with E-state index >= 15 is 0 Å². The molecule has 60 heavy (non-hydrogen) atoms. The topological polar surface area (TPSA) is 178 Å². The number of allylic oxidation sites excluding steroid dienone is 17. The Hall–Kier alpha value is -3.24. The fourth-order valence-electron chi connectivity index (χ4n) is 5.74. The Labute approximate surface area is 360 Å². The molecule has 0 bridgehead atoms. The summed E-state index contributed by atoms with van der Waals surface area (Å²) in [4.78, 5) is 12.8. The van der Waals surface area contributed by atoms with E-state index in [0.29, 0.717) is 13.0 Å². The Bertz CT molecular complexity index is 1460. The summed E-state index contributed by atoms with van der Waals surface area (Å²) in [5.74, 6) is -0.539. The fourth-order valence-corrected chi connectivity index (χ4v) is 6.24. The number of ether oxygens (including phenoxy) is 4. The Morgan fingerprint density at radius 1 is 0.633 bits per heavy atom. The van der Waals surface area contributed by atoms with Gasteiger partial charge in [-0.25, -0.2) is 4.18 Å². The van der Waals surface area contributed by atoms with E-state index < -0.39 is 59.8 Å². The van der Waals surface area contributed by atoms with Crippen molar-refractivity contribution >= 4 is 16.4 Å². The van der Waals surface area contributed by atoms with Crippen molar-refractivity contribution in [3.8, 4) is 0 Å². The zero-order valence-corrected chi connectivity index (χ0v) is 36.8. The van der Waals surface area contributed by atoms with Gasteiger partial charge in [-0.1, -0.05) is 142 Å². The summed E-state index contributed by atoms with van der Waals surface area (Å²) in [6.07, 6.45) is 42.9. The van der Waals surface area contributed by atoms with Crippen molar-refractivity contribution in [2.75, 3.05) is 26.4 Å². The molecule has 0 radical (unpaired) electrons. The van der Waals surface area contributed by atoms with Gasteiger partial charge in [-0.15, -0.1) is 0 Å². The SMILES string of the molecule is CC/C=C\C/C=C\C/C=C\C/C=C\C/C=C\CC(=O)OC(COCCCCCCC/C=C\C/C=C\C/C=C\C/C=C\CC)COC1OC(CO)C(O)C(OS(=O)(=O)O)C1O. The minimum atomic E-state index is -5.08. The maximum absolute atomic E-state index is 12.8. The monoisotopic (exact) mass is 862 g/mol. The third-order valence-electron chi connectivity index (χ3n) is 8.92. The fraction of sp³-hybridized carbons (Fsp3) is 0.596. The first-order valence-electron chi connectivity index (χ1n) is 21.6. The van der Waals surface area contributed by atoms with Crippen LogP contribution < -0.4 is 0 Å². The van der Waals surface area contributed by atoms with Crippen LogP contribution in [0.1, 0.15) is 117 Å². The lowest BCUT2D eigenvalue weighted by molar-refractivity contribution is -0.301. The first kappa shape index (κ1) is 54.8. The third-order valence-corrected chi connectivity index (χ3v) is 9.39. The van der Waals surface area contributed by atoms with Crippen molar-refractivity contribution in [3.05, 3.63) is 109 Å². The van der Waals surface area contributed by atoms with Crippen molar-refractivity contribution in [1.29, 1.82) is 0 Å². The molecule has 1 aliphatic rings. The Morgan fingerprint density at radius 2 is 1.10 bits per heavy atom. The predicted molar refractivity (Wildman–Crippen MR) is 238 cm³/mol. The lowest BCUT2D eigenvalue weighted by Gasteiger charge is -2.41. The van der Waals surface area contributed by atoms with Crippen molar-refractivity contribution in [3.63, 3.8) is 0 Å². The molecule has 1 rings (SSSR count). The van der Waals surface area contributed by atoms with Crippen molar-refractivity contribution in [2.24, 2.45) is 0 Å². The molecule has 13 heteroatoms. The van der Waals surface area contributed by atoms with E-state index in [1.54, 1.807) is 6.08 Å². The predicted octanol–water partition coefficient (Wildman–Crippen LogP) is 8.85. The van der Waals surface area contributed by atoms with Gasteiger partial charge in [-0.2, -0.15) is 8.42 Å². The summed E-state index contributed by atoms with van der Waals surface area (Å²) in [6.45, 7) is 3.55. The number of hydrogen-bond donors (Lipinski definition) is 4. The molecule has 1 aliphatic heterocycles. The van der Waals surface area contributed by atoms with Crippen LogP contribution in [0.3, 0.4) is 0 Å². The maximum Gasteiger partial charge on any atom is 0.397 e. The van der Waals surface area contributed by atoms with Crippen LogP contribution in [0, 0.1) is 0 Å². The molecule has 6 atom stereocenters. The average molecular weight is 863 g/mol. The molecule has 0 amide bonds. The molecule has 0 aromatic carbocycles. The smallest absolute Gasteiger partial charge is 0.397 e. The maximum atomic E-state index is 12.8. The molecule has 0 saturated carbocycles. The molecule has 4 N–H and O–H groups in total. The average Bonchev–Trinajstić information content (AvgIpc) is 3.22.